The molecule has 2 aliphatic heterocycles. The molecule has 140 valence electrons. The Balaban J connectivity index is 1.95. The lowest BCUT2D eigenvalue weighted by molar-refractivity contribution is -0.142. The van der Waals surface area contributed by atoms with Gasteiger partial charge in [0.05, 0.1) is 14.2 Å². The summed E-state index contributed by atoms with van der Waals surface area (Å²) in [5, 5.41) is 29.9. The van der Waals surface area contributed by atoms with Gasteiger partial charge in [0, 0.05) is 29.8 Å². The Bertz CT molecular complexity index is 981. The van der Waals surface area contributed by atoms with E-state index in [1.807, 2.05) is 6.08 Å². The van der Waals surface area contributed by atoms with Crippen LogP contribution in [0.1, 0.15) is 22.3 Å². The van der Waals surface area contributed by atoms with Crippen molar-refractivity contribution >= 4 is 17.7 Å². The van der Waals surface area contributed by atoms with Crippen LogP contribution in [-0.2, 0) is 17.8 Å². The Hall–Kier alpha value is -3.35. The number of fused-ring (bicyclic) bond motifs is 4. The third-order valence-electron chi connectivity index (χ3n) is 5.17. The molecule has 2 aliphatic rings. The second-order valence-corrected chi connectivity index (χ2v) is 6.58. The van der Waals surface area contributed by atoms with Gasteiger partial charge in [0.25, 0.3) is 0 Å². The maximum absolute atomic E-state index is 11.9. The summed E-state index contributed by atoms with van der Waals surface area (Å²) >= 11 is 0. The van der Waals surface area contributed by atoms with E-state index in [2.05, 4.69) is 0 Å². The van der Waals surface area contributed by atoms with Crippen molar-refractivity contribution in [3.63, 3.8) is 0 Å². The predicted molar refractivity (Wildman–Crippen MR) is 97.9 cm³/mol. The molecule has 3 N–H and O–H groups in total. The molecule has 0 aliphatic carbocycles. The van der Waals surface area contributed by atoms with Crippen LogP contribution in [0.4, 0.5) is 0 Å². The van der Waals surface area contributed by atoms with E-state index in [0.717, 1.165) is 28.0 Å². The van der Waals surface area contributed by atoms with Gasteiger partial charge in [-0.1, -0.05) is 6.07 Å². The van der Waals surface area contributed by atoms with Gasteiger partial charge in [0.1, 0.15) is 6.04 Å². The molecule has 4 rings (SSSR count). The van der Waals surface area contributed by atoms with E-state index in [1.165, 1.54) is 14.2 Å². The van der Waals surface area contributed by atoms with Crippen LogP contribution in [0.25, 0.3) is 11.8 Å². The summed E-state index contributed by atoms with van der Waals surface area (Å²) in [7, 11) is 2.95. The fourth-order valence-corrected chi connectivity index (χ4v) is 3.87. The van der Waals surface area contributed by atoms with Crippen LogP contribution >= 0.6 is 0 Å². The number of phenols is 2. The lowest BCUT2D eigenvalue weighted by Crippen LogP contribution is -2.45. The number of rotatable bonds is 3. The number of hydrogen-bond acceptors (Lipinski definition) is 6. The fraction of sp³-hybridized carbons (Fsp3) is 0.250. The van der Waals surface area contributed by atoms with Crippen LogP contribution in [-0.4, -0.2) is 46.5 Å². The predicted octanol–water partition coefficient (Wildman–Crippen LogP) is 2.44. The number of carboxylic acid groups (broad SMARTS) is 1. The first kappa shape index (κ1) is 17.1. The molecule has 1 atom stereocenters. The van der Waals surface area contributed by atoms with Crippen molar-refractivity contribution in [3.8, 4) is 23.0 Å². The Morgan fingerprint density at radius 2 is 1.93 bits per heavy atom. The van der Waals surface area contributed by atoms with Crippen LogP contribution in [0.2, 0.25) is 0 Å². The molecule has 2 aromatic carbocycles. The highest BCUT2D eigenvalue weighted by atomic mass is 16.5. The lowest BCUT2D eigenvalue weighted by atomic mass is 9.86. The first-order valence-electron chi connectivity index (χ1n) is 8.44. The summed E-state index contributed by atoms with van der Waals surface area (Å²) in [6, 6.07) is 5.83. The number of methoxy groups -OCH3 is 2. The van der Waals surface area contributed by atoms with E-state index in [1.54, 1.807) is 29.2 Å². The quantitative estimate of drug-likeness (QED) is 0.764. The van der Waals surface area contributed by atoms with Gasteiger partial charge in [-0.05, 0) is 35.4 Å². The third-order valence-corrected chi connectivity index (χ3v) is 5.17. The van der Waals surface area contributed by atoms with Crippen LogP contribution < -0.4 is 9.47 Å². The number of aliphatic carboxylic acids is 1. The summed E-state index contributed by atoms with van der Waals surface area (Å²) < 4.78 is 10.6. The molecule has 1 unspecified atom stereocenters. The van der Waals surface area contributed by atoms with Gasteiger partial charge in [-0.25, -0.2) is 4.79 Å². The maximum Gasteiger partial charge on any atom is 0.326 e. The summed E-state index contributed by atoms with van der Waals surface area (Å²) in [5.74, 6) is -0.274. The van der Waals surface area contributed by atoms with Crippen LogP contribution in [0.3, 0.4) is 0 Å². The molecular weight excluding hydrogens is 350 g/mol. The second-order valence-electron chi connectivity index (χ2n) is 6.58. The van der Waals surface area contributed by atoms with E-state index in [4.69, 9.17) is 9.47 Å². The van der Waals surface area contributed by atoms with Crippen molar-refractivity contribution in [2.24, 2.45) is 0 Å². The molecule has 7 heteroatoms. The van der Waals surface area contributed by atoms with E-state index < -0.39 is 12.0 Å². The monoisotopic (exact) mass is 369 g/mol. The van der Waals surface area contributed by atoms with Crippen LogP contribution in [0, 0.1) is 0 Å². The summed E-state index contributed by atoms with van der Waals surface area (Å²) in [6.07, 6.45) is 2.13. The van der Waals surface area contributed by atoms with Gasteiger partial charge in [0.2, 0.25) is 0 Å². The highest BCUT2D eigenvalue weighted by molar-refractivity contribution is 5.90. The number of ether oxygens (including phenoxy) is 2. The Morgan fingerprint density at radius 1 is 1.15 bits per heavy atom. The van der Waals surface area contributed by atoms with Crippen molar-refractivity contribution in [2.45, 2.75) is 19.0 Å². The van der Waals surface area contributed by atoms with E-state index >= 15 is 0 Å². The van der Waals surface area contributed by atoms with Gasteiger partial charge in [-0.2, -0.15) is 0 Å². The van der Waals surface area contributed by atoms with Gasteiger partial charge in [-0.3, -0.25) is 0 Å². The largest absolute Gasteiger partial charge is 0.504 e. The molecule has 27 heavy (non-hydrogen) atoms. The van der Waals surface area contributed by atoms with Crippen LogP contribution in [0.15, 0.2) is 24.3 Å². The minimum Gasteiger partial charge on any atom is -0.504 e. The highest BCUT2D eigenvalue weighted by Crippen LogP contribution is 2.45. The molecule has 0 amide bonds. The molecular formula is C20H19NO6. The zero-order valence-corrected chi connectivity index (χ0v) is 14.9. The lowest BCUT2D eigenvalue weighted by Gasteiger charge is -2.41. The van der Waals surface area contributed by atoms with E-state index in [-0.39, 0.29) is 17.9 Å². The van der Waals surface area contributed by atoms with Gasteiger partial charge in [0.15, 0.2) is 23.0 Å². The molecule has 2 heterocycles. The van der Waals surface area contributed by atoms with Crippen molar-refractivity contribution in [1.82, 2.24) is 4.90 Å². The fourth-order valence-electron chi connectivity index (χ4n) is 3.87. The van der Waals surface area contributed by atoms with Gasteiger partial charge >= 0.3 is 5.97 Å². The average molecular weight is 369 g/mol. The molecule has 0 saturated carbocycles. The number of benzene rings is 2. The highest BCUT2D eigenvalue weighted by Gasteiger charge is 2.38. The molecule has 0 saturated heterocycles. The van der Waals surface area contributed by atoms with Gasteiger partial charge < -0.3 is 29.7 Å². The smallest absolute Gasteiger partial charge is 0.326 e. The molecule has 0 bridgehead atoms. The number of nitrogens with zero attached hydrogens (tertiary/aromatic N) is 1. The minimum absolute atomic E-state index is 0.0164. The first-order valence-corrected chi connectivity index (χ1v) is 8.44. The zero-order chi connectivity index (χ0) is 19.3. The molecule has 7 nitrogen and oxygen atoms in total. The van der Waals surface area contributed by atoms with Crippen molar-refractivity contribution in [2.75, 3.05) is 14.2 Å². The molecule has 0 spiro atoms. The third kappa shape index (κ3) is 2.54. The molecule has 0 radical (unpaired) electrons. The van der Waals surface area contributed by atoms with E-state index in [0.29, 0.717) is 18.0 Å². The minimum atomic E-state index is -0.954. The summed E-state index contributed by atoms with van der Waals surface area (Å²) in [4.78, 5) is 13.7. The average Bonchev–Trinajstić information content (AvgIpc) is 2.65. The number of carboxylic acids is 1. The van der Waals surface area contributed by atoms with Crippen molar-refractivity contribution < 1.29 is 29.6 Å². The zero-order valence-electron chi connectivity index (χ0n) is 14.9. The SMILES string of the molecule is COc1cc2c(cc1O)CC(C(=O)O)N1Cc3c(ccc(O)c3OC)C=C21. The van der Waals surface area contributed by atoms with Gasteiger partial charge in [-0.15, -0.1) is 0 Å². The number of carbonyl (C=O) groups is 1. The Morgan fingerprint density at radius 3 is 2.59 bits per heavy atom. The summed E-state index contributed by atoms with van der Waals surface area (Å²) in [5.41, 5.74) is 3.89. The van der Waals surface area contributed by atoms with Crippen LogP contribution in [0.5, 0.6) is 23.0 Å². The first-order chi connectivity index (χ1) is 12.9. The number of aromatic hydroxyl groups is 2. The van der Waals surface area contributed by atoms with E-state index in [9.17, 15) is 20.1 Å². The molecule has 0 fully saturated rings. The number of phenolic OH excluding ortho intramolecular Hbond substituents is 2. The number of hydrogen-bond donors (Lipinski definition) is 3. The van der Waals surface area contributed by atoms with Crippen molar-refractivity contribution in [1.29, 1.82) is 0 Å². The normalized spacial score (nSPS) is 17.3. The van der Waals surface area contributed by atoms with Crippen molar-refractivity contribution in [3.05, 3.63) is 46.5 Å². The Kier molecular flexibility index (Phi) is 3.87. The molecule has 0 aromatic heterocycles. The summed E-state index contributed by atoms with van der Waals surface area (Å²) in [6.45, 7) is 0.290. The molecule has 2 aromatic rings. The second kappa shape index (κ2) is 6.12. The Labute approximate surface area is 155 Å². The topological polar surface area (TPSA) is 99.5 Å². The standard InChI is InChI=1S/C20H19NO6/c1-26-18-8-12-11(7-17(18)23)6-15(20(24)25)21-9-13-10(5-14(12)21)3-4-16(22)19(13)27-2/h3-5,7-8,15,22-23H,6,9H2,1-2H3,(H,24,25). The maximum atomic E-state index is 11.9.